The minimum absolute atomic E-state index is 0.0991. The minimum atomic E-state index is -0.0991. The number of anilines is 1. The summed E-state index contributed by atoms with van der Waals surface area (Å²) < 4.78 is 0. The number of aromatic nitrogens is 2. The van der Waals surface area contributed by atoms with Crippen LogP contribution in [0.4, 0.5) is 5.82 Å². The van der Waals surface area contributed by atoms with Crippen molar-refractivity contribution in [2.24, 2.45) is 0 Å². The monoisotopic (exact) mass is 301 g/mol. The third-order valence-corrected chi connectivity index (χ3v) is 5.55. The number of thiophene rings is 2. The van der Waals surface area contributed by atoms with E-state index in [-0.39, 0.29) is 5.91 Å². The van der Waals surface area contributed by atoms with Gasteiger partial charge in [-0.1, -0.05) is 6.07 Å². The van der Waals surface area contributed by atoms with Crippen molar-refractivity contribution in [1.29, 1.82) is 0 Å². The van der Waals surface area contributed by atoms with Crippen molar-refractivity contribution in [1.82, 2.24) is 9.97 Å². The second kappa shape index (κ2) is 4.64. The number of hydrogen-bond donors (Lipinski definition) is 1. The Labute approximate surface area is 123 Å². The lowest BCUT2D eigenvalue weighted by molar-refractivity contribution is 0.103. The summed E-state index contributed by atoms with van der Waals surface area (Å²) in [7, 11) is 0. The molecule has 4 nitrogen and oxygen atoms in total. The van der Waals surface area contributed by atoms with Crippen LogP contribution in [0.3, 0.4) is 0 Å². The molecule has 0 fully saturated rings. The molecule has 3 aromatic rings. The predicted molar refractivity (Wildman–Crippen MR) is 81.7 cm³/mol. The van der Waals surface area contributed by atoms with E-state index in [1.54, 1.807) is 11.3 Å². The quantitative estimate of drug-likeness (QED) is 0.788. The van der Waals surface area contributed by atoms with Crippen molar-refractivity contribution in [3.8, 4) is 0 Å². The van der Waals surface area contributed by atoms with Gasteiger partial charge < -0.3 is 5.32 Å². The normalized spacial score (nSPS) is 13.6. The molecule has 0 unspecified atom stereocenters. The molecule has 0 radical (unpaired) electrons. The maximum absolute atomic E-state index is 12.2. The van der Waals surface area contributed by atoms with Crippen molar-refractivity contribution in [2.45, 2.75) is 19.3 Å². The van der Waals surface area contributed by atoms with Gasteiger partial charge in [0.2, 0.25) is 0 Å². The van der Waals surface area contributed by atoms with Gasteiger partial charge in [-0.25, -0.2) is 9.97 Å². The largest absolute Gasteiger partial charge is 0.305 e. The Bertz CT molecular complexity index is 792. The molecule has 3 heterocycles. The van der Waals surface area contributed by atoms with Crippen molar-refractivity contribution in [2.75, 3.05) is 5.32 Å². The standard InChI is InChI=1S/C14H11N3OS2/c18-13(10-5-2-6-19-10)17-12-11-8-3-1-4-9(8)20-14(11)16-7-15-12/h2,5-7H,1,3-4H2,(H,15,16,17,18). The van der Waals surface area contributed by atoms with E-state index in [4.69, 9.17) is 0 Å². The minimum Gasteiger partial charge on any atom is -0.305 e. The van der Waals surface area contributed by atoms with Gasteiger partial charge in [0, 0.05) is 4.88 Å². The number of fused-ring (bicyclic) bond motifs is 3. The van der Waals surface area contributed by atoms with Gasteiger partial charge in [-0.15, -0.1) is 22.7 Å². The zero-order valence-electron chi connectivity index (χ0n) is 10.5. The molecule has 0 spiro atoms. The van der Waals surface area contributed by atoms with Crippen LogP contribution >= 0.6 is 22.7 Å². The summed E-state index contributed by atoms with van der Waals surface area (Å²) >= 11 is 3.16. The first kappa shape index (κ1) is 12.0. The number of carbonyl (C=O) groups excluding carboxylic acids is 1. The van der Waals surface area contributed by atoms with Crippen LogP contribution in [-0.4, -0.2) is 15.9 Å². The summed E-state index contributed by atoms with van der Waals surface area (Å²) in [6, 6.07) is 3.69. The Kier molecular flexibility index (Phi) is 2.78. The number of carbonyl (C=O) groups is 1. The molecule has 0 aliphatic heterocycles. The highest BCUT2D eigenvalue weighted by Crippen LogP contribution is 2.39. The first-order valence-electron chi connectivity index (χ1n) is 6.43. The van der Waals surface area contributed by atoms with Crippen LogP contribution in [0.1, 0.15) is 26.5 Å². The van der Waals surface area contributed by atoms with Crippen LogP contribution in [0.5, 0.6) is 0 Å². The molecule has 1 aliphatic carbocycles. The van der Waals surface area contributed by atoms with E-state index < -0.39 is 0 Å². The van der Waals surface area contributed by atoms with Crippen molar-refractivity contribution in [3.63, 3.8) is 0 Å². The molecule has 0 atom stereocenters. The molecule has 3 aromatic heterocycles. The second-order valence-corrected chi connectivity index (χ2v) is 6.72. The van der Waals surface area contributed by atoms with Crippen LogP contribution in [-0.2, 0) is 12.8 Å². The lowest BCUT2D eigenvalue weighted by Crippen LogP contribution is -2.12. The van der Waals surface area contributed by atoms with Gasteiger partial charge in [0.25, 0.3) is 5.91 Å². The number of hydrogen-bond acceptors (Lipinski definition) is 5. The van der Waals surface area contributed by atoms with E-state index >= 15 is 0 Å². The number of nitrogens with zero attached hydrogens (tertiary/aromatic N) is 2. The molecule has 0 bridgehead atoms. The highest BCUT2D eigenvalue weighted by Gasteiger charge is 2.22. The van der Waals surface area contributed by atoms with Gasteiger partial charge in [0.05, 0.1) is 10.3 Å². The Morgan fingerprint density at radius 1 is 1.30 bits per heavy atom. The van der Waals surface area contributed by atoms with Gasteiger partial charge in [-0.05, 0) is 36.3 Å². The summed E-state index contributed by atoms with van der Waals surface area (Å²) in [5, 5.41) is 5.86. The number of nitrogens with one attached hydrogen (secondary N) is 1. The lowest BCUT2D eigenvalue weighted by Gasteiger charge is -2.05. The van der Waals surface area contributed by atoms with E-state index in [9.17, 15) is 4.79 Å². The smallest absolute Gasteiger partial charge is 0.266 e. The second-order valence-electron chi connectivity index (χ2n) is 4.69. The molecule has 1 N–H and O–H groups in total. The van der Waals surface area contributed by atoms with Gasteiger partial charge >= 0.3 is 0 Å². The Hall–Kier alpha value is -1.79. The van der Waals surface area contributed by atoms with E-state index in [0.29, 0.717) is 10.7 Å². The van der Waals surface area contributed by atoms with Crippen molar-refractivity contribution in [3.05, 3.63) is 39.2 Å². The zero-order chi connectivity index (χ0) is 13.5. The fourth-order valence-electron chi connectivity index (χ4n) is 2.60. The molecule has 0 aromatic carbocycles. The maximum Gasteiger partial charge on any atom is 0.266 e. The van der Waals surface area contributed by atoms with E-state index in [1.807, 2.05) is 17.5 Å². The van der Waals surface area contributed by atoms with E-state index in [1.165, 1.54) is 34.5 Å². The summed E-state index contributed by atoms with van der Waals surface area (Å²) in [5.41, 5.74) is 1.33. The zero-order valence-corrected chi connectivity index (χ0v) is 12.2. The number of amides is 1. The van der Waals surface area contributed by atoms with Crippen molar-refractivity contribution < 1.29 is 4.79 Å². The highest BCUT2D eigenvalue weighted by atomic mass is 32.1. The lowest BCUT2D eigenvalue weighted by atomic mass is 10.2. The Morgan fingerprint density at radius 2 is 2.25 bits per heavy atom. The molecule has 4 rings (SSSR count). The van der Waals surface area contributed by atoms with Gasteiger partial charge in [0.15, 0.2) is 0 Å². The molecule has 100 valence electrons. The first-order valence-corrected chi connectivity index (χ1v) is 8.12. The molecular weight excluding hydrogens is 290 g/mol. The third-order valence-electron chi connectivity index (χ3n) is 3.48. The van der Waals surface area contributed by atoms with Gasteiger partial charge in [-0.2, -0.15) is 0 Å². The third kappa shape index (κ3) is 1.83. The summed E-state index contributed by atoms with van der Waals surface area (Å²) in [6.45, 7) is 0. The van der Waals surface area contributed by atoms with Crippen LogP contribution in [0.2, 0.25) is 0 Å². The molecule has 1 aliphatic rings. The van der Waals surface area contributed by atoms with Crippen LogP contribution in [0.25, 0.3) is 10.2 Å². The number of aryl methyl sites for hydroxylation is 2. The summed E-state index contributed by atoms with van der Waals surface area (Å²) in [5.74, 6) is 0.547. The first-order chi connectivity index (χ1) is 9.83. The maximum atomic E-state index is 12.2. The average Bonchev–Trinajstić information content (AvgIpc) is 3.15. The molecule has 0 saturated heterocycles. The van der Waals surface area contributed by atoms with Crippen LogP contribution in [0, 0.1) is 0 Å². The average molecular weight is 301 g/mol. The summed E-state index contributed by atoms with van der Waals surface area (Å²) in [4.78, 5) is 23.9. The SMILES string of the molecule is O=C(Nc1ncnc2sc3c(c12)CCC3)c1cccs1. The Balaban J connectivity index is 1.78. The molecule has 6 heteroatoms. The highest BCUT2D eigenvalue weighted by molar-refractivity contribution is 7.19. The van der Waals surface area contributed by atoms with Gasteiger partial charge in [-0.3, -0.25) is 4.79 Å². The van der Waals surface area contributed by atoms with Gasteiger partial charge in [0.1, 0.15) is 17.0 Å². The summed E-state index contributed by atoms with van der Waals surface area (Å²) in [6.07, 6.45) is 4.89. The number of rotatable bonds is 2. The van der Waals surface area contributed by atoms with Crippen molar-refractivity contribution >= 4 is 44.6 Å². The predicted octanol–water partition coefficient (Wildman–Crippen LogP) is 3.49. The molecule has 0 saturated carbocycles. The fourth-order valence-corrected chi connectivity index (χ4v) is 4.45. The topological polar surface area (TPSA) is 54.9 Å². The molecule has 20 heavy (non-hydrogen) atoms. The molecular formula is C14H11N3OS2. The van der Waals surface area contributed by atoms with Crippen LogP contribution < -0.4 is 5.32 Å². The van der Waals surface area contributed by atoms with Crippen LogP contribution in [0.15, 0.2) is 23.8 Å². The van der Waals surface area contributed by atoms with E-state index in [2.05, 4.69) is 15.3 Å². The molecule has 1 amide bonds. The fraction of sp³-hybridized carbons (Fsp3) is 0.214. The van der Waals surface area contributed by atoms with E-state index in [0.717, 1.165) is 23.1 Å². The Morgan fingerprint density at radius 3 is 3.10 bits per heavy atom.